The maximum absolute atomic E-state index is 3.80. The average molecular weight is 239 g/mol. The van der Waals surface area contributed by atoms with E-state index in [1.54, 1.807) is 0 Å². The highest BCUT2D eigenvalue weighted by atomic mass is 14.9. The largest absolute Gasteiger partial charge is 0.314 e. The summed E-state index contributed by atoms with van der Waals surface area (Å²) in [7, 11) is 0. The zero-order chi connectivity index (χ0) is 12.7. The smallest absolute Gasteiger partial charge is 0.0100 e. The SMILES string of the molecule is CCCC(CCC)C(C(C)C)C1CCCCN1. The van der Waals surface area contributed by atoms with E-state index in [0.29, 0.717) is 0 Å². The normalized spacial score (nSPS) is 23.3. The number of nitrogens with one attached hydrogen (secondary N) is 1. The van der Waals surface area contributed by atoms with Gasteiger partial charge in [-0.15, -0.1) is 0 Å². The van der Waals surface area contributed by atoms with Gasteiger partial charge in [-0.25, -0.2) is 0 Å². The Balaban J connectivity index is 2.65. The lowest BCUT2D eigenvalue weighted by molar-refractivity contribution is 0.146. The van der Waals surface area contributed by atoms with E-state index in [2.05, 4.69) is 33.0 Å². The van der Waals surface area contributed by atoms with E-state index >= 15 is 0 Å². The Labute approximate surface area is 109 Å². The van der Waals surface area contributed by atoms with E-state index in [4.69, 9.17) is 0 Å². The topological polar surface area (TPSA) is 12.0 Å². The van der Waals surface area contributed by atoms with Crippen molar-refractivity contribution in [3.63, 3.8) is 0 Å². The van der Waals surface area contributed by atoms with Crippen LogP contribution in [0.25, 0.3) is 0 Å². The summed E-state index contributed by atoms with van der Waals surface area (Å²) in [5.74, 6) is 2.67. The Morgan fingerprint density at radius 3 is 2.12 bits per heavy atom. The molecule has 0 bridgehead atoms. The lowest BCUT2D eigenvalue weighted by Gasteiger charge is -2.39. The van der Waals surface area contributed by atoms with Crippen molar-refractivity contribution in [2.45, 2.75) is 78.7 Å². The van der Waals surface area contributed by atoms with Crippen LogP contribution in [0.2, 0.25) is 0 Å². The summed E-state index contributed by atoms with van der Waals surface area (Å²) in [5.41, 5.74) is 0. The third-order valence-electron chi connectivity index (χ3n) is 4.45. The van der Waals surface area contributed by atoms with E-state index in [-0.39, 0.29) is 0 Å². The molecule has 1 nitrogen and oxygen atoms in total. The fraction of sp³-hybridized carbons (Fsp3) is 1.00. The van der Waals surface area contributed by atoms with Gasteiger partial charge in [-0.2, -0.15) is 0 Å². The fourth-order valence-corrected chi connectivity index (χ4v) is 3.82. The molecule has 2 atom stereocenters. The van der Waals surface area contributed by atoms with Crippen LogP contribution in [0.5, 0.6) is 0 Å². The maximum Gasteiger partial charge on any atom is 0.0100 e. The Bertz CT molecular complexity index is 176. The molecule has 1 rings (SSSR count). The second-order valence-electron chi connectivity index (χ2n) is 6.22. The van der Waals surface area contributed by atoms with Crippen molar-refractivity contribution in [3.8, 4) is 0 Å². The van der Waals surface area contributed by atoms with Crippen LogP contribution in [0.1, 0.15) is 72.6 Å². The minimum absolute atomic E-state index is 0.798. The zero-order valence-corrected chi connectivity index (χ0v) is 12.5. The molecule has 0 aromatic heterocycles. The molecule has 0 aromatic carbocycles. The molecule has 0 amide bonds. The van der Waals surface area contributed by atoms with Gasteiger partial charge in [0.1, 0.15) is 0 Å². The van der Waals surface area contributed by atoms with E-state index in [9.17, 15) is 0 Å². The number of piperidine rings is 1. The summed E-state index contributed by atoms with van der Waals surface area (Å²) >= 11 is 0. The van der Waals surface area contributed by atoms with Crippen molar-refractivity contribution in [2.75, 3.05) is 6.54 Å². The summed E-state index contributed by atoms with van der Waals surface area (Å²) in [4.78, 5) is 0. The van der Waals surface area contributed by atoms with Crippen LogP contribution in [0.15, 0.2) is 0 Å². The van der Waals surface area contributed by atoms with E-state index in [1.807, 2.05) is 0 Å². The van der Waals surface area contributed by atoms with Crippen molar-refractivity contribution >= 4 is 0 Å². The summed E-state index contributed by atoms with van der Waals surface area (Å²) < 4.78 is 0. The van der Waals surface area contributed by atoms with Gasteiger partial charge in [0.25, 0.3) is 0 Å². The lowest BCUT2D eigenvalue weighted by atomic mass is 9.72. The van der Waals surface area contributed by atoms with Gasteiger partial charge < -0.3 is 5.32 Å². The van der Waals surface area contributed by atoms with Crippen LogP contribution in [-0.4, -0.2) is 12.6 Å². The third-order valence-corrected chi connectivity index (χ3v) is 4.45. The highest BCUT2D eigenvalue weighted by Gasteiger charge is 2.31. The molecule has 2 unspecified atom stereocenters. The highest BCUT2D eigenvalue weighted by molar-refractivity contribution is 4.86. The molecule has 0 saturated carbocycles. The van der Waals surface area contributed by atoms with E-state index in [0.717, 1.165) is 23.8 Å². The maximum atomic E-state index is 3.80. The molecule has 1 fully saturated rings. The Hall–Kier alpha value is -0.0400. The van der Waals surface area contributed by atoms with Crippen LogP contribution in [0.3, 0.4) is 0 Å². The van der Waals surface area contributed by atoms with Crippen LogP contribution in [0, 0.1) is 17.8 Å². The molecule has 1 N–H and O–H groups in total. The van der Waals surface area contributed by atoms with Gasteiger partial charge >= 0.3 is 0 Å². The lowest BCUT2D eigenvalue weighted by Crippen LogP contribution is -2.45. The second kappa shape index (κ2) is 8.13. The van der Waals surface area contributed by atoms with Crippen molar-refractivity contribution in [3.05, 3.63) is 0 Å². The predicted molar refractivity (Wildman–Crippen MR) is 77.3 cm³/mol. The van der Waals surface area contributed by atoms with Crippen molar-refractivity contribution in [1.29, 1.82) is 0 Å². The summed E-state index contributed by atoms with van der Waals surface area (Å²) in [6.45, 7) is 10.8. The molecule has 1 saturated heterocycles. The monoisotopic (exact) mass is 239 g/mol. The van der Waals surface area contributed by atoms with Gasteiger partial charge in [0.15, 0.2) is 0 Å². The van der Waals surface area contributed by atoms with Crippen molar-refractivity contribution in [1.82, 2.24) is 5.32 Å². The third kappa shape index (κ3) is 4.62. The highest BCUT2D eigenvalue weighted by Crippen LogP contribution is 2.34. The summed E-state index contributed by atoms with van der Waals surface area (Å²) in [6.07, 6.45) is 9.77. The first-order valence-corrected chi connectivity index (χ1v) is 7.94. The van der Waals surface area contributed by atoms with Crippen LogP contribution in [0.4, 0.5) is 0 Å². The standard InChI is InChI=1S/C16H33N/c1-5-9-14(10-6-2)16(13(3)4)15-11-7-8-12-17-15/h13-17H,5-12H2,1-4H3. The Morgan fingerprint density at radius 2 is 1.71 bits per heavy atom. The molecular weight excluding hydrogens is 206 g/mol. The van der Waals surface area contributed by atoms with Gasteiger partial charge in [-0.05, 0) is 37.1 Å². The number of hydrogen-bond donors (Lipinski definition) is 1. The van der Waals surface area contributed by atoms with Crippen LogP contribution in [-0.2, 0) is 0 Å². The van der Waals surface area contributed by atoms with Gasteiger partial charge in [0, 0.05) is 6.04 Å². The average Bonchev–Trinajstić information content (AvgIpc) is 2.31. The van der Waals surface area contributed by atoms with E-state index in [1.165, 1.54) is 51.5 Å². The van der Waals surface area contributed by atoms with Crippen LogP contribution >= 0.6 is 0 Å². The second-order valence-corrected chi connectivity index (χ2v) is 6.22. The molecule has 0 aliphatic carbocycles. The predicted octanol–water partition coefficient (Wildman–Crippen LogP) is 4.62. The first-order chi connectivity index (χ1) is 8.20. The molecule has 1 heteroatoms. The van der Waals surface area contributed by atoms with Crippen molar-refractivity contribution < 1.29 is 0 Å². The molecule has 1 aliphatic heterocycles. The van der Waals surface area contributed by atoms with Gasteiger partial charge in [0.05, 0.1) is 0 Å². The molecule has 0 radical (unpaired) electrons. The molecule has 1 heterocycles. The fourth-order valence-electron chi connectivity index (χ4n) is 3.82. The van der Waals surface area contributed by atoms with Gasteiger partial charge in [-0.1, -0.05) is 59.8 Å². The van der Waals surface area contributed by atoms with E-state index < -0.39 is 0 Å². The molecule has 0 spiro atoms. The molecule has 17 heavy (non-hydrogen) atoms. The molecule has 1 aliphatic rings. The number of hydrogen-bond acceptors (Lipinski definition) is 1. The first kappa shape index (κ1) is 15.0. The Kier molecular flexibility index (Phi) is 7.18. The molecule has 102 valence electrons. The van der Waals surface area contributed by atoms with Gasteiger partial charge in [-0.3, -0.25) is 0 Å². The van der Waals surface area contributed by atoms with Gasteiger partial charge in [0.2, 0.25) is 0 Å². The minimum atomic E-state index is 0.798. The van der Waals surface area contributed by atoms with Crippen molar-refractivity contribution in [2.24, 2.45) is 17.8 Å². The molecular formula is C16H33N. The zero-order valence-electron chi connectivity index (χ0n) is 12.5. The summed E-state index contributed by atoms with van der Waals surface area (Å²) in [5, 5.41) is 3.80. The molecule has 0 aromatic rings. The first-order valence-electron chi connectivity index (χ1n) is 7.94. The Morgan fingerprint density at radius 1 is 1.06 bits per heavy atom. The minimum Gasteiger partial charge on any atom is -0.314 e. The van der Waals surface area contributed by atoms with Crippen LogP contribution < -0.4 is 5.32 Å². The number of rotatable bonds is 7. The quantitative estimate of drug-likeness (QED) is 0.683. The summed E-state index contributed by atoms with van der Waals surface area (Å²) in [6, 6.07) is 0.798.